The van der Waals surface area contributed by atoms with Crippen molar-refractivity contribution in [3.05, 3.63) is 63.6 Å². The Bertz CT molecular complexity index is 761. The molecule has 0 bridgehead atoms. The number of fused-ring (bicyclic) bond motifs is 1. The molecule has 0 fully saturated rings. The molecule has 3 aromatic rings. The zero-order chi connectivity index (χ0) is 14.1. The third kappa shape index (κ3) is 2.47. The fourth-order valence-corrected chi connectivity index (χ4v) is 3.29. The lowest BCUT2D eigenvalue weighted by atomic mass is 10.1. The van der Waals surface area contributed by atoms with Gasteiger partial charge in [-0.15, -0.1) is 11.3 Å². The number of Topliss-reactive ketones (excluding diaryl/α,β-unsaturated/α-hetero) is 1. The number of halogens is 1. The van der Waals surface area contributed by atoms with E-state index in [9.17, 15) is 4.79 Å². The molecule has 0 aliphatic heterocycles. The third-order valence-corrected chi connectivity index (χ3v) is 4.68. The van der Waals surface area contributed by atoms with Crippen molar-refractivity contribution < 1.29 is 4.79 Å². The molecule has 20 heavy (non-hydrogen) atoms. The van der Waals surface area contributed by atoms with Crippen molar-refractivity contribution in [3.63, 3.8) is 0 Å². The van der Waals surface area contributed by atoms with Gasteiger partial charge in [0.25, 0.3) is 0 Å². The van der Waals surface area contributed by atoms with E-state index in [1.165, 1.54) is 0 Å². The van der Waals surface area contributed by atoms with E-state index in [-0.39, 0.29) is 5.78 Å². The van der Waals surface area contributed by atoms with Crippen LogP contribution < -0.4 is 0 Å². The van der Waals surface area contributed by atoms with Gasteiger partial charge in [0.1, 0.15) is 5.01 Å². The Hall–Kier alpha value is -1.71. The summed E-state index contributed by atoms with van der Waals surface area (Å²) in [4.78, 5) is 16.8. The lowest BCUT2D eigenvalue weighted by Gasteiger charge is -2.04. The highest BCUT2D eigenvalue weighted by Crippen LogP contribution is 2.25. The van der Waals surface area contributed by atoms with Gasteiger partial charge in [-0.05, 0) is 30.7 Å². The van der Waals surface area contributed by atoms with Gasteiger partial charge in [0.2, 0.25) is 0 Å². The van der Waals surface area contributed by atoms with Crippen molar-refractivity contribution in [3.8, 4) is 0 Å². The van der Waals surface area contributed by atoms with Gasteiger partial charge in [-0.3, -0.25) is 4.79 Å². The van der Waals surface area contributed by atoms with Crippen LogP contribution in [0, 0.1) is 6.92 Å². The molecule has 0 unspecified atom stereocenters. The van der Waals surface area contributed by atoms with Crippen LogP contribution in [0.5, 0.6) is 0 Å². The Morgan fingerprint density at radius 2 is 2.00 bits per heavy atom. The highest BCUT2D eigenvalue weighted by atomic mass is 35.5. The molecule has 0 radical (unpaired) electrons. The van der Waals surface area contributed by atoms with Crippen LogP contribution in [-0.4, -0.2) is 10.8 Å². The summed E-state index contributed by atoms with van der Waals surface area (Å²) in [6.45, 7) is 1.90. The summed E-state index contributed by atoms with van der Waals surface area (Å²) < 4.78 is 1.10. The first-order valence-electron chi connectivity index (χ1n) is 6.28. The number of benzene rings is 2. The van der Waals surface area contributed by atoms with Crippen LogP contribution >= 0.6 is 22.9 Å². The number of para-hydroxylation sites is 1. The fraction of sp³-hybridized carbons (Fsp3) is 0.125. The number of rotatable bonds is 3. The second-order valence-electron chi connectivity index (χ2n) is 4.61. The standard InChI is InChI=1S/C16H12ClNOS/c1-10-5-4-6-11(16(10)17)13(19)9-15-18-12-7-2-3-8-14(12)20-15/h2-8H,9H2,1H3. The zero-order valence-electron chi connectivity index (χ0n) is 10.9. The molecular formula is C16H12ClNOS. The molecule has 1 aromatic heterocycles. The van der Waals surface area contributed by atoms with Gasteiger partial charge >= 0.3 is 0 Å². The number of thiazole rings is 1. The Kier molecular flexibility index (Phi) is 3.55. The van der Waals surface area contributed by atoms with E-state index in [0.29, 0.717) is 17.0 Å². The SMILES string of the molecule is Cc1cccc(C(=O)Cc2nc3ccccc3s2)c1Cl. The predicted octanol–water partition coefficient (Wildman–Crippen LogP) is 4.68. The highest BCUT2D eigenvalue weighted by Gasteiger charge is 2.14. The Morgan fingerprint density at radius 1 is 1.20 bits per heavy atom. The zero-order valence-corrected chi connectivity index (χ0v) is 12.5. The monoisotopic (exact) mass is 301 g/mol. The van der Waals surface area contributed by atoms with E-state index >= 15 is 0 Å². The highest BCUT2D eigenvalue weighted by molar-refractivity contribution is 7.18. The van der Waals surface area contributed by atoms with Gasteiger partial charge in [-0.2, -0.15) is 0 Å². The summed E-state index contributed by atoms with van der Waals surface area (Å²) in [5.74, 6) is 0.0118. The molecule has 3 rings (SSSR count). The number of aromatic nitrogens is 1. The molecule has 2 aromatic carbocycles. The van der Waals surface area contributed by atoms with Gasteiger partial charge in [0.15, 0.2) is 5.78 Å². The minimum atomic E-state index is 0.0118. The van der Waals surface area contributed by atoms with E-state index in [0.717, 1.165) is 20.8 Å². The molecule has 0 aliphatic rings. The Morgan fingerprint density at radius 3 is 2.80 bits per heavy atom. The van der Waals surface area contributed by atoms with Crippen LogP contribution in [-0.2, 0) is 6.42 Å². The van der Waals surface area contributed by atoms with Crippen molar-refractivity contribution >= 4 is 38.9 Å². The van der Waals surface area contributed by atoms with Crippen molar-refractivity contribution in [2.45, 2.75) is 13.3 Å². The van der Waals surface area contributed by atoms with Gasteiger partial charge in [0.05, 0.1) is 21.7 Å². The second-order valence-corrected chi connectivity index (χ2v) is 6.10. The minimum absolute atomic E-state index is 0.0118. The van der Waals surface area contributed by atoms with E-state index < -0.39 is 0 Å². The molecule has 0 N–H and O–H groups in total. The summed E-state index contributed by atoms with van der Waals surface area (Å²) in [6, 6.07) is 13.4. The van der Waals surface area contributed by atoms with E-state index in [1.807, 2.05) is 43.3 Å². The van der Waals surface area contributed by atoms with Crippen molar-refractivity contribution in [1.82, 2.24) is 4.98 Å². The van der Waals surface area contributed by atoms with Crippen molar-refractivity contribution in [1.29, 1.82) is 0 Å². The topological polar surface area (TPSA) is 30.0 Å². The summed E-state index contributed by atoms with van der Waals surface area (Å²) in [6.07, 6.45) is 0.294. The number of aryl methyl sites for hydroxylation is 1. The number of hydrogen-bond acceptors (Lipinski definition) is 3. The third-order valence-electron chi connectivity index (χ3n) is 3.14. The lowest BCUT2D eigenvalue weighted by molar-refractivity contribution is 0.0993. The van der Waals surface area contributed by atoms with E-state index in [4.69, 9.17) is 11.6 Å². The molecule has 0 saturated carbocycles. The van der Waals surface area contributed by atoms with Gasteiger partial charge in [-0.25, -0.2) is 4.98 Å². The van der Waals surface area contributed by atoms with Gasteiger partial charge in [-0.1, -0.05) is 35.9 Å². The predicted molar refractivity (Wildman–Crippen MR) is 83.8 cm³/mol. The molecule has 0 spiro atoms. The molecule has 0 amide bonds. The first kappa shape index (κ1) is 13.3. The second kappa shape index (κ2) is 5.35. The van der Waals surface area contributed by atoms with E-state index in [1.54, 1.807) is 17.4 Å². The van der Waals surface area contributed by atoms with E-state index in [2.05, 4.69) is 4.98 Å². The summed E-state index contributed by atoms with van der Waals surface area (Å²) in [7, 11) is 0. The minimum Gasteiger partial charge on any atom is -0.294 e. The maximum atomic E-state index is 12.3. The maximum absolute atomic E-state index is 12.3. The first-order chi connectivity index (χ1) is 9.65. The summed E-state index contributed by atoms with van der Waals surface area (Å²) in [5, 5.41) is 1.37. The van der Waals surface area contributed by atoms with Crippen LogP contribution in [0.25, 0.3) is 10.2 Å². The van der Waals surface area contributed by atoms with Crippen molar-refractivity contribution in [2.75, 3.05) is 0 Å². The number of carbonyl (C=O) groups is 1. The first-order valence-corrected chi connectivity index (χ1v) is 7.47. The molecule has 1 heterocycles. The normalized spacial score (nSPS) is 10.9. The van der Waals surface area contributed by atoms with Crippen LogP contribution in [0.4, 0.5) is 0 Å². The average molecular weight is 302 g/mol. The van der Waals surface area contributed by atoms with Gasteiger partial charge in [0, 0.05) is 5.56 Å². The van der Waals surface area contributed by atoms with Crippen molar-refractivity contribution in [2.24, 2.45) is 0 Å². The molecular weight excluding hydrogens is 290 g/mol. The number of ketones is 1. The van der Waals surface area contributed by atoms with Crippen LogP contribution in [0.3, 0.4) is 0 Å². The average Bonchev–Trinajstić information content (AvgIpc) is 2.83. The molecule has 0 saturated heterocycles. The molecule has 0 atom stereocenters. The summed E-state index contributed by atoms with van der Waals surface area (Å²) in [5.41, 5.74) is 2.43. The Labute approximate surface area is 126 Å². The fourth-order valence-electron chi connectivity index (χ4n) is 2.09. The smallest absolute Gasteiger partial charge is 0.171 e. The molecule has 0 aliphatic carbocycles. The van der Waals surface area contributed by atoms with Crippen LogP contribution in [0.15, 0.2) is 42.5 Å². The molecule has 2 nitrogen and oxygen atoms in total. The lowest BCUT2D eigenvalue weighted by Crippen LogP contribution is -2.04. The Balaban J connectivity index is 1.90. The largest absolute Gasteiger partial charge is 0.294 e. The van der Waals surface area contributed by atoms with Crippen LogP contribution in [0.1, 0.15) is 20.9 Å². The molecule has 100 valence electrons. The number of carbonyl (C=O) groups excluding carboxylic acids is 1. The molecule has 4 heteroatoms. The quantitative estimate of drug-likeness (QED) is 0.657. The van der Waals surface area contributed by atoms with Crippen LogP contribution in [0.2, 0.25) is 5.02 Å². The number of hydrogen-bond donors (Lipinski definition) is 0. The summed E-state index contributed by atoms with van der Waals surface area (Å²) >= 11 is 7.75. The maximum Gasteiger partial charge on any atom is 0.171 e. The number of nitrogens with zero attached hydrogens (tertiary/aromatic N) is 1. The van der Waals surface area contributed by atoms with Gasteiger partial charge < -0.3 is 0 Å².